The van der Waals surface area contributed by atoms with Crippen LogP contribution >= 0.6 is 0 Å². The summed E-state index contributed by atoms with van der Waals surface area (Å²) >= 11 is 0. The third-order valence-electron chi connectivity index (χ3n) is 3.88. The van der Waals surface area contributed by atoms with Gasteiger partial charge >= 0.3 is 0 Å². The molecule has 1 aromatic rings. The van der Waals surface area contributed by atoms with Crippen LogP contribution in [-0.2, 0) is 6.42 Å². The van der Waals surface area contributed by atoms with Crippen LogP contribution in [0.25, 0.3) is 0 Å². The molecule has 1 heteroatoms. The van der Waals surface area contributed by atoms with E-state index < -0.39 is 0 Å². The van der Waals surface area contributed by atoms with Gasteiger partial charge in [-0.25, -0.2) is 0 Å². The molecule has 1 saturated carbocycles. The second kappa shape index (κ2) is 4.58. The molecule has 2 rings (SSSR count). The van der Waals surface area contributed by atoms with Gasteiger partial charge in [0.25, 0.3) is 0 Å². The Morgan fingerprint density at radius 2 is 1.88 bits per heavy atom. The van der Waals surface area contributed by atoms with Crippen molar-refractivity contribution in [3.8, 4) is 0 Å². The van der Waals surface area contributed by atoms with E-state index in [1.165, 1.54) is 36.8 Å². The molecule has 88 valence electrons. The van der Waals surface area contributed by atoms with E-state index in [1.807, 2.05) is 0 Å². The third kappa shape index (κ3) is 2.30. The van der Waals surface area contributed by atoms with Gasteiger partial charge in [-0.15, -0.1) is 0 Å². The SMILES string of the molecule is CCCc1ccc(C(NC)C2(C)CC2)cc1. The zero-order valence-corrected chi connectivity index (χ0v) is 10.7. The molecule has 1 aliphatic rings. The maximum Gasteiger partial charge on any atom is 0.0372 e. The molecule has 16 heavy (non-hydrogen) atoms. The minimum absolute atomic E-state index is 0.501. The number of rotatable bonds is 5. The van der Waals surface area contributed by atoms with E-state index in [1.54, 1.807) is 0 Å². The summed E-state index contributed by atoms with van der Waals surface area (Å²) in [6, 6.07) is 9.71. The minimum atomic E-state index is 0.501. The number of aryl methyl sites for hydroxylation is 1. The predicted octanol–water partition coefficient (Wildman–Crippen LogP) is 3.70. The van der Waals surface area contributed by atoms with Crippen molar-refractivity contribution in [1.82, 2.24) is 5.32 Å². The van der Waals surface area contributed by atoms with Crippen molar-refractivity contribution in [3.05, 3.63) is 35.4 Å². The van der Waals surface area contributed by atoms with E-state index in [0.717, 1.165) is 0 Å². The molecule has 1 aliphatic carbocycles. The van der Waals surface area contributed by atoms with E-state index >= 15 is 0 Å². The van der Waals surface area contributed by atoms with Gasteiger partial charge in [0.05, 0.1) is 0 Å². The predicted molar refractivity (Wildman–Crippen MR) is 69.6 cm³/mol. The number of hydrogen-bond acceptors (Lipinski definition) is 1. The van der Waals surface area contributed by atoms with Crippen LogP contribution < -0.4 is 5.32 Å². The van der Waals surface area contributed by atoms with E-state index in [0.29, 0.717) is 11.5 Å². The highest BCUT2D eigenvalue weighted by Crippen LogP contribution is 2.54. The quantitative estimate of drug-likeness (QED) is 0.793. The van der Waals surface area contributed by atoms with Crippen molar-refractivity contribution in [2.24, 2.45) is 5.41 Å². The lowest BCUT2D eigenvalue weighted by molar-refractivity contribution is 0.390. The Morgan fingerprint density at radius 3 is 2.31 bits per heavy atom. The first-order valence-corrected chi connectivity index (χ1v) is 6.46. The first-order valence-electron chi connectivity index (χ1n) is 6.46. The topological polar surface area (TPSA) is 12.0 Å². The van der Waals surface area contributed by atoms with Gasteiger partial charge in [-0.1, -0.05) is 44.5 Å². The summed E-state index contributed by atoms with van der Waals surface area (Å²) in [6.45, 7) is 4.61. The Morgan fingerprint density at radius 1 is 1.25 bits per heavy atom. The molecule has 0 heterocycles. The molecular formula is C15H23N. The summed E-state index contributed by atoms with van der Waals surface area (Å²) < 4.78 is 0. The van der Waals surface area contributed by atoms with Gasteiger partial charge in [-0.05, 0) is 42.9 Å². The lowest BCUT2D eigenvalue weighted by atomic mass is 9.91. The highest BCUT2D eigenvalue weighted by Gasteiger charge is 2.44. The highest BCUT2D eigenvalue weighted by atomic mass is 14.9. The van der Waals surface area contributed by atoms with Crippen LogP contribution in [0.3, 0.4) is 0 Å². The second-order valence-corrected chi connectivity index (χ2v) is 5.37. The van der Waals surface area contributed by atoms with Gasteiger partial charge in [0, 0.05) is 6.04 Å². The summed E-state index contributed by atoms with van der Waals surface area (Å²) in [7, 11) is 2.08. The standard InChI is InChI=1S/C15H23N/c1-4-5-12-6-8-13(9-7-12)14(16-3)15(2)10-11-15/h6-9,14,16H,4-5,10-11H2,1-3H3. The van der Waals surface area contributed by atoms with E-state index in [2.05, 4.69) is 50.5 Å². The third-order valence-corrected chi connectivity index (χ3v) is 3.88. The molecule has 1 unspecified atom stereocenters. The van der Waals surface area contributed by atoms with Gasteiger partial charge in [-0.2, -0.15) is 0 Å². The van der Waals surface area contributed by atoms with Gasteiger partial charge in [0.2, 0.25) is 0 Å². The van der Waals surface area contributed by atoms with Gasteiger partial charge < -0.3 is 5.32 Å². The smallest absolute Gasteiger partial charge is 0.0372 e. The van der Waals surface area contributed by atoms with E-state index in [9.17, 15) is 0 Å². The summed E-state index contributed by atoms with van der Waals surface area (Å²) in [4.78, 5) is 0. The molecular weight excluding hydrogens is 194 g/mol. The summed E-state index contributed by atoms with van der Waals surface area (Å²) in [6.07, 6.45) is 5.14. The van der Waals surface area contributed by atoms with E-state index in [4.69, 9.17) is 0 Å². The van der Waals surface area contributed by atoms with Crippen molar-refractivity contribution in [1.29, 1.82) is 0 Å². The Labute approximate surface area is 99.3 Å². The second-order valence-electron chi connectivity index (χ2n) is 5.37. The molecule has 0 aliphatic heterocycles. The molecule has 1 aromatic carbocycles. The molecule has 0 spiro atoms. The summed E-state index contributed by atoms with van der Waals surface area (Å²) in [5.41, 5.74) is 3.41. The highest BCUT2D eigenvalue weighted by molar-refractivity contribution is 5.28. The first-order chi connectivity index (χ1) is 7.69. The zero-order chi connectivity index (χ0) is 11.6. The summed E-state index contributed by atoms with van der Waals surface area (Å²) in [5, 5.41) is 3.47. The molecule has 0 bridgehead atoms. The van der Waals surface area contributed by atoms with Crippen LogP contribution in [0.4, 0.5) is 0 Å². The lowest BCUT2D eigenvalue weighted by Crippen LogP contribution is -2.24. The maximum absolute atomic E-state index is 3.47. The number of nitrogens with one attached hydrogen (secondary N) is 1. The van der Waals surface area contributed by atoms with Crippen LogP contribution in [0.2, 0.25) is 0 Å². The monoisotopic (exact) mass is 217 g/mol. The molecule has 0 amide bonds. The van der Waals surface area contributed by atoms with Gasteiger partial charge in [-0.3, -0.25) is 0 Å². The van der Waals surface area contributed by atoms with Crippen LogP contribution in [0.1, 0.15) is 50.3 Å². The number of hydrogen-bond donors (Lipinski definition) is 1. The fourth-order valence-electron chi connectivity index (χ4n) is 2.57. The van der Waals surface area contributed by atoms with Crippen LogP contribution in [0.15, 0.2) is 24.3 Å². The van der Waals surface area contributed by atoms with Crippen molar-refractivity contribution < 1.29 is 0 Å². The van der Waals surface area contributed by atoms with Crippen LogP contribution in [0, 0.1) is 5.41 Å². The molecule has 0 saturated heterocycles. The Kier molecular flexibility index (Phi) is 3.34. The largest absolute Gasteiger partial charge is 0.313 e. The van der Waals surface area contributed by atoms with E-state index in [-0.39, 0.29) is 0 Å². The van der Waals surface area contributed by atoms with Gasteiger partial charge in [0.15, 0.2) is 0 Å². The molecule has 1 N–H and O–H groups in total. The lowest BCUT2D eigenvalue weighted by Gasteiger charge is -2.23. The van der Waals surface area contributed by atoms with Crippen molar-refractivity contribution in [2.75, 3.05) is 7.05 Å². The van der Waals surface area contributed by atoms with Crippen molar-refractivity contribution >= 4 is 0 Å². The molecule has 1 nitrogen and oxygen atoms in total. The molecule has 1 atom stereocenters. The average molecular weight is 217 g/mol. The Balaban J connectivity index is 2.13. The fourth-order valence-corrected chi connectivity index (χ4v) is 2.57. The molecule has 0 radical (unpaired) electrons. The number of benzene rings is 1. The van der Waals surface area contributed by atoms with Crippen molar-refractivity contribution in [3.63, 3.8) is 0 Å². The first kappa shape index (κ1) is 11.7. The average Bonchev–Trinajstić information content (AvgIpc) is 3.01. The summed E-state index contributed by atoms with van der Waals surface area (Å²) in [5.74, 6) is 0. The normalized spacial score (nSPS) is 19.4. The molecule has 0 aromatic heterocycles. The van der Waals surface area contributed by atoms with Crippen LogP contribution in [0.5, 0.6) is 0 Å². The maximum atomic E-state index is 3.47. The van der Waals surface area contributed by atoms with Gasteiger partial charge in [0.1, 0.15) is 0 Å². The Bertz CT molecular complexity index is 335. The minimum Gasteiger partial charge on any atom is -0.313 e. The van der Waals surface area contributed by atoms with Crippen LogP contribution in [-0.4, -0.2) is 7.05 Å². The van der Waals surface area contributed by atoms with Crippen molar-refractivity contribution in [2.45, 2.75) is 45.6 Å². The molecule has 1 fully saturated rings. The Hall–Kier alpha value is -0.820. The zero-order valence-electron chi connectivity index (χ0n) is 10.7. The fraction of sp³-hybridized carbons (Fsp3) is 0.600.